The fraction of sp³-hybridized carbons (Fsp3) is 0.167. The Labute approximate surface area is 146 Å². The smallest absolute Gasteiger partial charge is 0.238 e. The number of thiocarbonyl (C=S) groups is 1. The number of rotatable bonds is 5. The van der Waals surface area contributed by atoms with Gasteiger partial charge in [-0.05, 0) is 29.8 Å². The minimum Gasteiger partial charge on any atom is -0.302 e. The zero-order valence-corrected chi connectivity index (χ0v) is 13.9. The van der Waals surface area contributed by atoms with Crippen molar-refractivity contribution in [2.45, 2.75) is 19.3 Å². The Morgan fingerprint density at radius 1 is 0.792 bits per heavy atom. The SMILES string of the molecule is O=C(CCc1ccccc1)NNC(=S)NC(=O)Cc1ccccc1. The molecule has 0 aliphatic carbocycles. The number of benzene rings is 2. The lowest BCUT2D eigenvalue weighted by Crippen LogP contribution is -2.48. The molecule has 0 saturated carbocycles. The highest BCUT2D eigenvalue weighted by Crippen LogP contribution is 2.02. The number of amides is 2. The number of aryl methyl sites for hydroxylation is 1. The third kappa shape index (κ3) is 6.58. The quantitative estimate of drug-likeness (QED) is 0.574. The van der Waals surface area contributed by atoms with Gasteiger partial charge in [0.05, 0.1) is 6.42 Å². The van der Waals surface area contributed by atoms with Crippen LogP contribution in [0.4, 0.5) is 0 Å². The fourth-order valence-electron chi connectivity index (χ4n) is 2.07. The van der Waals surface area contributed by atoms with Gasteiger partial charge in [-0.1, -0.05) is 60.7 Å². The van der Waals surface area contributed by atoms with Gasteiger partial charge in [-0.3, -0.25) is 20.4 Å². The molecule has 6 heteroatoms. The van der Waals surface area contributed by atoms with Crippen LogP contribution in [0.15, 0.2) is 60.7 Å². The first-order chi connectivity index (χ1) is 11.6. The molecule has 3 N–H and O–H groups in total. The Hall–Kier alpha value is -2.73. The highest BCUT2D eigenvalue weighted by Gasteiger charge is 2.07. The summed E-state index contributed by atoms with van der Waals surface area (Å²) in [5, 5.41) is 2.60. The molecular weight excluding hydrogens is 322 g/mol. The Morgan fingerprint density at radius 3 is 2.00 bits per heavy atom. The molecule has 0 aromatic heterocycles. The third-order valence-corrected chi connectivity index (χ3v) is 3.46. The standard InChI is InChI=1S/C18H19N3O2S/c22-16(12-11-14-7-3-1-4-8-14)20-21-18(24)19-17(23)13-15-9-5-2-6-10-15/h1-10H,11-13H2,(H,20,22)(H2,19,21,23,24). The molecular formula is C18H19N3O2S. The average molecular weight is 341 g/mol. The van der Waals surface area contributed by atoms with E-state index in [1.54, 1.807) is 0 Å². The van der Waals surface area contributed by atoms with E-state index >= 15 is 0 Å². The van der Waals surface area contributed by atoms with E-state index in [4.69, 9.17) is 12.2 Å². The first-order valence-electron chi connectivity index (χ1n) is 7.60. The summed E-state index contributed by atoms with van der Waals surface area (Å²) in [6.07, 6.45) is 1.20. The molecule has 0 radical (unpaired) electrons. The minimum absolute atomic E-state index is 0.0731. The summed E-state index contributed by atoms with van der Waals surface area (Å²) in [5.74, 6) is -0.434. The van der Waals surface area contributed by atoms with Gasteiger partial charge in [0, 0.05) is 6.42 Å². The molecule has 24 heavy (non-hydrogen) atoms. The molecule has 2 amide bonds. The van der Waals surface area contributed by atoms with Crippen molar-refractivity contribution >= 4 is 29.1 Å². The summed E-state index contributed by atoms with van der Waals surface area (Å²) in [6, 6.07) is 19.1. The largest absolute Gasteiger partial charge is 0.302 e. The van der Waals surface area contributed by atoms with Crippen molar-refractivity contribution in [3.8, 4) is 0 Å². The van der Waals surface area contributed by atoms with Gasteiger partial charge in [0.1, 0.15) is 0 Å². The lowest BCUT2D eigenvalue weighted by molar-refractivity contribution is -0.122. The van der Waals surface area contributed by atoms with Gasteiger partial charge in [0.15, 0.2) is 5.11 Å². The van der Waals surface area contributed by atoms with Gasteiger partial charge in [-0.25, -0.2) is 0 Å². The summed E-state index contributed by atoms with van der Waals surface area (Å²) in [6.45, 7) is 0. The molecule has 0 aliphatic rings. The van der Waals surface area contributed by atoms with Crippen LogP contribution in [-0.4, -0.2) is 16.9 Å². The molecule has 0 bridgehead atoms. The predicted molar refractivity (Wildman–Crippen MR) is 96.9 cm³/mol. The van der Waals surface area contributed by atoms with E-state index < -0.39 is 0 Å². The lowest BCUT2D eigenvalue weighted by Gasteiger charge is -2.11. The van der Waals surface area contributed by atoms with E-state index in [1.165, 1.54) is 0 Å². The molecule has 124 valence electrons. The predicted octanol–water partition coefficient (Wildman–Crippen LogP) is 1.88. The van der Waals surface area contributed by atoms with E-state index in [-0.39, 0.29) is 23.3 Å². The zero-order valence-electron chi connectivity index (χ0n) is 13.1. The first-order valence-corrected chi connectivity index (χ1v) is 8.01. The van der Waals surface area contributed by atoms with Crippen LogP contribution in [0.25, 0.3) is 0 Å². The summed E-state index contributed by atoms with van der Waals surface area (Å²) in [7, 11) is 0. The monoisotopic (exact) mass is 341 g/mol. The van der Waals surface area contributed by atoms with Crippen LogP contribution >= 0.6 is 12.2 Å². The van der Waals surface area contributed by atoms with Crippen LogP contribution in [0.2, 0.25) is 0 Å². The van der Waals surface area contributed by atoms with E-state index in [1.807, 2.05) is 60.7 Å². The summed E-state index contributed by atoms with van der Waals surface area (Å²) >= 11 is 4.98. The van der Waals surface area contributed by atoms with Crippen LogP contribution in [-0.2, 0) is 22.4 Å². The van der Waals surface area contributed by atoms with Gasteiger partial charge in [0.2, 0.25) is 11.8 Å². The average Bonchev–Trinajstić information content (AvgIpc) is 2.60. The number of hydrogen-bond donors (Lipinski definition) is 3. The normalized spacial score (nSPS) is 9.83. The number of hydrogen-bond acceptors (Lipinski definition) is 3. The molecule has 0 unspecified atom stereocenters. The maximum atomic E-state index is 11.8. The van der Waals surface area contributed by atoms with E-state index in [2.05, 4.69) is 16.2 Å². The second-order valence-corrected chi connectivity index (χ2v) is 5.61. The Kier molecular flexibility index (Phi) is 6.91. The maximum Gasteiger partial charge on any atom is 0.238 e. The van der Waals surface area contributed by atoms with Gasteiger partial charge >= 0.3 is 0 Å². The third-order valence-electron chi connectivity index (χ3n) is 3.26. The van der Waals surface area contributed by atoms with E-state index in [0.717, 1.165) is 11.1 Å². The van der Waals surface area contributed by atoms with Crippen molar-refractivity contribution in [3.05, 3.63) is 71.8 Å². The maximum absolute atomic E-state index is 11.8. The number of hydrazine groups is 1. The Morgan fingerprint density at radius 2 is 1.38 bits per heavy atom. The molecule has 0 atom stereocenters. The van der Waals surface area contributed by atoms with Crippen molar-refractivity contribution in [2.24, 2.45) is 0 Å². The summed E-state index contributed by atoms with van der Waals surface area (Å²) < 4.78 is 0. The topological polar surface area (TPSA) is 70.2 Å². The van der Waals surface area contributed by atoms with Crippen LogP contribution in [0, 0.1) is 0 Å². The molecule has 2 aromatic carbocycles. The lowest BCUT2D eigenvalue weighted by atomic mass is 10.1. The molecule has 0 saturated heterocycles. The highest BCUT2D eigenvalue weighted by atomic mass is 32.1. The molecule has 0 fully saturated rings. The molecule has 0 heterocycles. The molecule has 5 nitrogen and oxygen atoms in total. The van der Waals surface area contributed by atoms with Crippen molar-refractivity contribution in [2.75, 3.05) is 0 Å². The minimum atomic E-state index is -0.239. The van der Waals surface area contributed by atoms with Gasteiger partial charge < -0.3 is 5.32 Å². The second kappa shape index (κ2) is 9.42. The van der Waals surface area contributed by atoms with Crippen molar-refractivity contribution < 1.29 is 9.59 Å². The van der Waals surface area contributed by atoms with Crippen LogP contribution in [0.3, 0.4) is 0 Å². The van der Waals surface area contributed by atoms with Crippen LogP contribution in [0.1, 0.15) is 17.5 Å². The molecule has 0 aliphatic heterocycles. The van der Waals surface area contributed by atoms with E-state index in [9.17, 15) is 9.59 Å². The summed E-state index contributed by atoms with van der Waals surface area (Å²) in [4.78, 5) is 23.6. The number of nitrogens with one attached hydrogen (secondary N) is 3. The van der Waals surface area contributed by atoms with Crippen LogP contribution < -0.4 is 16.2 Å². The first kappa shape index (κ1) is 17.6. The fourth-order valence-corrected chi connectivity index (χ4v) is 2.24. The van der Waals surface area contributed by atoms with Crippen molar-refractivity contribution in [1.82, 2.24) is 16.2 Å². The Bertz CT molecular complexity index is 690. The molecule has 2 aromatic rings. The number of carbonyl (C=O) groups excluding carboxylic acids is 2. The highest BCUT2D eigenvalue weighted by molar-refractivity contribution is 7.80. The second-order valence-electron chi connectivity index (χ2n) is 5.20. The van der Waals surface area contributed by atoms with E-state index in [0.29, 0.717) is 12.8 Å². The number of carbonyl (C=O) groups is 2. The van der Waals surface area contributed by atoms with Crippen molar-refractivity contribution in [1.29, 1.82) is 0 Å². The van der Waals surface area contributed by atoms with Gasteiger partial charge in [0.25, 0.3) is 0 Å². The van der Waals surface area contributed by atoms with Gasteiger partial charge in [-0.15, -0.1) is 0 Å². The van der Waals surface area contributed by atoms with Crippen LogP contribution in [0.5, 0.6) is 0 Å². The Balaban J connectivity index is 1.65. The molecule has 2 rings (SSSR count). The summed E-state index contributed by atoms with van der Waals surface area (Å²) in [5.41, 5.74) is 6.99. The molecule has 0 spiro atoms. The van der Waals surface area contributed by atoms with Crippen molar-refractivity contribution in [3.63, 3.8) is 0 Å². The van der Waals surface area contributed by atoms with Gasteiger partial charge in [-0.2, -0.15) is 0 Å². The zero-order chi connectivity index (χ0) is 17.2.